The molecule has 2 rings (SSSR count). The highest BCUT2D eigenvalue weighted by Crippen LogP contribution is 2.25. The first kappa shape index (κ1) is 21.1. The second-order valence-electron chi connectivity index (χ2n) is 7.14. The average Bonchev–Trinajstić information content (AvgIpc) is 2.72. The van der Waals surface area contributed by atoms with E-state index in [1.807, 2.05) is 6.07 Å². The third kappa shape index (κ3) is 7.16. The van der Waals surface area contributed by atoms with Crippen LogP contribution in [0.15, 0.2) is 58.8 Å². The molecule has 146 valence electrons. The van der Waals surface area contributed by atoms with Gasteiger partial charge >= 0.3 is 0 Å². The van der Waals surface area contributed by atoms with Crippen molar-refractivity contribution in [2.45, 2.75) is 65.7 Å². The number of anilines is 1. The summed E-state index contributed by atoms with van der Waals surface area (Å²) >= 11 is 0. The Morgan fingerprint density at radius 2 is 1.33 bits per heavy atom. The van der Waals surface area contributed by atoms with Crippen molar-refractivity contribution in [2.24, 2.45) is 10.2 Å². The van der Waals surface area contributed by atoms with Crippen LogP contribution in [-0.4, -0.2) is 13.1 Å². The molecule has 0 heterocycles. The monoisotopic (exact) mass is 365 g/mol. The lowest BCUT2D eigenvalue weighted by atomic mass is 10.1. The van der Waals surface area contributed by atoms with Crippen LogP contribution in [0.1, 0.15) is 64.9 Å². The number of rotatable bonds is 12. The molecule has 0 amide bonds. The van der Waals surface area contributed by atoms with Crippen LogP contribution in [0.2, 0.25) is 0 Å². The fourth-order valence-corrected chi connectivity index (χ4v) is 3.10. The molecule has 2 aromatic carbocycles. The summed E-state index contributed by atoms with van der Waals surface area (Å²) in [4.78, 5) is 2.49. The van der Waals surface area contributed by atoms with E-state index in [1.54, 1.807) is 0 Å². The lowest BCUT2D eigenvalue weighted by molar-refractivity contribution is 0.678. The quantitative estimate of drug-likeness (QED) is 0.352. The van der Waals surface area contributed by atoms with Crippen LogP contribution in [0.5, 0.6) is 0 Å². The minimum Gasteiger partial charge on any atom is -0.372 e. The van der Waals surface area contributed by atoms with Gasteiger partial charge in [0.2, 0.25) is 0 Å². The highest BCUT2D eigenvalue weighted by molar-refractivity contribution is 5.53. The van der Waals surface area contributed by atoms with E-state index in [-0.39, 0.29) is 0 Å². The maximum Gasteiger partial charge on any atom is 0.0889 e. The Morgan fingerprint density at radius 3 is 1.96 bits per heavy atom. The van der Waals surface area contributed by atoms with Gasteiger partial charge in [-0.3, -0.25) is 0 Å². The topological polar surface area (TPSA) is 28.0 Å². The van der Waals surface area contributed by atoms with E-state index in [4.69, 9.17) is 0 Å². The summed E-state index contributed by atoms with van der Waals surface area (Å²) in [5.41, 5.74) is 4.47. The van der Waals surface area contributed by atoms with Gasteiger partial charge in [-0.15, -0.1) is 0 Å². The van der Waals surface area contributed by atoms with E-state index in [0.29, 0.717) is 0 Å². The minimum absolute atomic E-state index is 0.912. The SMILES string of the molecule is CCCCc1ccccc1N=Nc1ccc(N(CCCC)CCCC)cc1. The summed E-state index contributed by atoms with van der Waals surface area (Å²) in [5, 5.41) is 8.99. The summed E-state index contributed by atoms with van der Waals surface area (Å²) in [6.45, 7) is 8.97. The zero-order valence-electron chi connectivity index (χ0n) is 17.3. The van der Waals surface area contributed by atoms with E-state index in [0.717, 1.165) is 30.9 Å². The van der Waals surface area contributed by atoms with Crippen molar-refractivity contribution in [3.05, 3.63) is 54.1 Å². The molecule has 27 heavy (non-hydrogen) atoms. The Morgan fingerprint density at radius 1 is 0.704 bits per heavy atom. The zero-order valence-corrected chi connectivity index (χ0v) is 17.3. The first-order chi connectivity index (χ1) is 13.3. The van der Waals surface area contributed by atoms with Crippen LogP contribution in [0.3, 0.4) is 0 Å². The van der Waals surface area contributed by atoms with E-state index in [9.17, 15) is 0 Å². The molecule has 0 aliphatic rings. The number of benzene rings is 2. The van der Waals surface area contributed by atoms with Crippen molar-refractivity contribution in [1.82, 2.24) is 0 Å². The molecule has 0 saturated carbocycles. The summed E-state index contributed by atoms with van der Waals surface area (Å²) in [6.07, 6.45) is 8.37. The molecular formula is C24H35N3. The Hall–Kier alpha value is -2.16. The van der Waals surface area contributed by atoms with Crippen molar-refractivity contribution in [3.8, 4) is 0 Å². The number of hydrogen-bond donors (Lipinski definition) is 0. The van der Waals surface area contributed by atoms with Crippen molar-refractivity contribution >= 4 is 17.1 Å². The molecule has 3 heteroatoms. The van der Waals surface area contributed by atoms with Crippen molar-refractivity contribution in [2.75, 3.05) is 18.0 Å². The Bertz CT molecular complexity index is 668. The molecule has 0 N–H and O–H groups in total. The van der Waals surface area contributed by atoms with E-state index < -0.39 is 0 Å². The van der Waals surface area contributed by atoms with Gasteiger partial charge in [0.25, 0.3) is 0 Å². The highest BCUT2D eigenvalue weighted by Gasteiger charge is 2.06. The Balaban J connectivity index is 2.07. The molecule has 0 spiro atoms. The molecule has 0 aliphatic carbocycles. The van der Waals surface area contributed by atoms with Crippen LogP contribution in [-0.2, 0) is 6.42 Å². The molecule has 0 aliphatic heterocycles. The smallest absolute Gasteiger partial charge is 0.0889 e. The largest absolute Gasteiger partial charge is 0.372 e. The molecule has 0 fully saturated rings. The standard InChI is InChI=1S/C24H35N3/c1-4-7-12-21-13-10-11-14-24(21)26-25-22-15-17-23(18-16-22)27(19-8-5-2)20-9-6-3/h10-11,13-18H,4-9,12,19-20H2,1-3H3. The predicted octanol–water partition coefficient (Wildman–Crippen LogP) is 7.85. The van der Waals surface area contributed by atoms with Gasteiger partial charge in [-0.25, -0.2) is 0 Å². The fourth-order valence-electron chi connectivity index (χ4n) is 3.10. The summed E-state index contributed by atoms with van der Waals surface area (Å²) in [7, 11) is 0. The second kappa shape index (κ2) is 12.3. The van der Waals surface area contributed by atoms with Crippen LogP contribution in [0.4, 0.5) is 17.1 Å². The normalized spacial score (nSPS) is 11.2. The first-order valence-electron chi connectivity index (χ1n) is 10.6. The van der Waals surface area contributed by atoms with Gasteiger partial charge in [0.15, 0.2) is 0 Å². The minimum atomic E-state index is 0.912. The fraction of sp³-hybridized carbons (Fsp3) is 0.500. The number of aryl methyl sites for hydroxylation is 1. The van der Waals surface area contributed by atoms with Crippen molar-refractivity contribution in [1.29, 1.82) is 0 Å². The van der Waals surface area contributed by atoms with Gasteiger partial charge in [0, 0.05) is 18.8 Å². The van der Waals surface area contributed by atoms with Crippen LogP contribution in [0.25, 0.3) is 0 Å². The Labute approximate surface area is 165 Å². The van der Waals surface area contributed by atoms with Gasteiger partial charge in [-0.05, 0) is 61.6 Å². The van der Waals surface area contributed by atoms with Crippen molar-refractivity contribution < 1.29 is 0 Å². The highest BCUT2D eigenvalue weighted by atomic mass is 15.1. The van der Waals surface area contributed by atoms with Gasteiger partial charge < -0.3 is 4.90 Å². The molecule has 0 radical (unpaired) electrons. The molecule has 3 nitrogen and oxygen atoms in total. The van der Waals surface area contributed by atoms with E-state index in [2.05, 4.69) is 78.4 Å². The van der Waals surface area contributed by atoms with Crippen LogP contribution in [0, 0.1) is 0 Å². The lowest BCUT2D eigenvalue weighted by Gasteiger charge is -2.24. The molecule has 2 aromatic rings. The Kier molecular flexibility index (Phi) is 9.61. The molecule has 0 aromatic heterocycles. The number of unbranched alkanes of at least 4 members (excludes halogenated alkanes) is 3. The predicted molar refractivity (Wildman–Crippen MR) is 118 cm³/mol. The van der Waals surface area contributed by atoms with Gasteiger partial charge in [-0.1, -0.05) is 58.2 Å². The van der Waals surface area contributed by atoms with Gasteiger partial charge in [0.1, 0.15) is 0 Å². The molecule has 0 saturated heterocycles. The molecule has 0 atom stereocenters. The lowest BCUT2D eigenvalue weighted by Crippen LogP contribution is -2.25. The maximum absolute atomic E-state index is 4.51. The third-order valence-corrected chi connectivity index (χ3v) is 4.84. The number of azo groups is 1. The maximum atomic E-state index is 4.51. The summed E-state index contributed by atoms with van der Waals surface area (Å²) in [6, 6.07) is 16.9. The molecule has 0 bridgehead atoms. The van der Waals surface area contributed by atoms with Crippen LogP contribution >= 0.6 is 0 Å². The number of nitrogens with zero attached hydrogens (tertiary/aromatic N) is 3. The summed E-state index contributed by atoms with van der Waals surface area (Å²) in [5.74, 6) is 0. The molecule has 0 unspecified atom stereocenters. The zero-order chi connectivity index (χ0) is 19.3. The van der Waals surface area contributed by atoms with Gasteiger partial charge in [0.05, 0.1) is 11.4 Å². The second-order valence-corrected chi connectivity index (χ2v) is 7.14. The van der Waals surface area contributed by atoms with Crippen molar-refractivity contribution in [3.63, 3.8) is 0 Å². The molecular weight excluding hydrogens is 330 g/mol. The van der Waals surface area contributed by atoms with Gasteiger partial charge in [-0.2, -0.15) is 10.2 Å². The average molecular weight is 366 g/mol. The summed E-state index contributed by atoms with van der Waals surface area (Å²) < 4.78 is 0. The van der Waals surface area contributed by atoms with E-state index in [1.165, 1.54) is 49.8 Å². The van der Waals surface area contributed by atoms with E-state index >= 15 is 0 Å². The number of hydrogen-bond acceptors (Lipinski definition) is 3. The first-order valence-corrected chi connectivity index (χ1v) is 10.6. The third-order valence-electron chi connectivity index (χ3n) is 4.84. The van der Waals surface area contributed by atoms with Crippen LogP contribution < -0.4 is 4.90 Å².